The third kappa shape index (κ3) is 6.38. The summed E-state index contributed by atoms with van der Waals surface area (Å²) in [6.07, 6.45) is 1.19. The van der Waals surface area contributed by atoms with Crippen molar-refractivity contribution < 1.29 is 19.1 Å². The van der Waals surface area contributed by atoms with Crippen molar-refractivity contribution in [1.82, 2.24) is 4.90 Å². The molecule has 0 atom stereocenters. The first-order valence-corrected chi connectivity index (χ1v) is 11.5. The molecule has 0 saturated carbocycles. The van der Waals surface area contributed by atoms with Gasteiger partial charge in [-0.15, -0.1) is 0 Å². The van der Waals surface area contributed by atoms with E-state index in [-0.39, 0.29) is 23.8 Å². The molecule has 4 rings (SSSR count). The Morgan fingerprint density at radius 3 is 1.94 bits per heavy atom. The van der Waals surface area contributed by atoms with Crippen LogP contribution in [0.4, 0.5) is 21.9 Å². The highest BCUT2D eigenvalue weighted by molar-refractivity contribution is 6.04. The van der Waals surface area contributed by atoms with Crippen LogP contribution in [0.25, 0.3) is 0 Å². The smallest absolute Gasteiger partial charge is 0.321 e. The summed E-state index contributed by atoms with van der Waals surface area (Å²) in [4.78, 5) is 39.4. The maximum absolute atomic E-state index is 12.7. The SMILES string of the molecule is COc1ccc(NC(=O)c2ccc(NC(=O)C3CCN(C(=O)Nc4ccccc4)CC3)cc2)cc1. The molecule has 1 fully saturated rings. The van der Waals surface area contributed by atoms with E-state index >= 15 is 0 Å². The number of para-hydroxylation sites is 1. The molecule has 0 radical (unpaired) electrons. The lowest BCUT2D eigenvalue weighted by Crippen LogP contribution is -2.43. The maximum atomic E-state index is 12.7. The molecular weight excluding hydrogens is 444 g/mol. The number of urea groups is 1. The second kappa shape index (κ2) is 11.2. The average Bonchev–Trinajstić information content (AvgIpc) is 2.90. The molecule has 1 aliphatic rings. The van der Waals surface area contributed by atoms with Crippen molar-refractivity contribution in [3.8, 4) is 5.75 Å². The van der Waals surface area contributed by atoms with Crippen molar-refractivity contribution >= 4 is 34.9 Å². The van der Waals surface area contributed by atoms with E-state index in [4.69, 9.17) is 4.74 Å². The number of anilines is 3. The normalized spacial score (nSPS) is 13.6. The van der Waals surface area contributed by atoms with Gasteiger partial charge in [0, 0.05) is 41.6 Å². The largest absolute Gasteiger partial charge is 0.497 e. The molecule has 3 N–H and O–H groups in total. The molecule has 0 spiro atoms. The number of nitrogens with zero attached hydrogens (tertiary/aromatic N) is 1. The van der Waals surface area contributed by atoms with Gasteiger partial charge < -0.3 is 25.6 Å². The van der Waals surface area contributed by atoms with E-state index in [0.29, 0.717) is 48.6 Å². The monoisotopic (exact) mass is 472 g/mol. The Morgan fingerprint density at radius 1 is 0.743 bits per heavy atom. The number of hydrogen-bond acceptors (Lipinski definition) is 4. The minimum absolute atomic E-state index is 0.0800. The van der Waals surface area contributed by atoms with Gasteiger partial charge in [-0.05, 0) is 73.5 Å². The Labute approximate surface area is 204 Å². The predicted octanol–water partition coefficient (Wildman–Crippen LogP) is 4.83. The first-order chi connectivity index (χ1) is 17.0. The second-order valence-electron chi connectivity index (χ2n) is 8.31. The molecule has 35 heavy (non-hydrogen) atoms. The summed E-state index contributed by atoms with van der Waals surface area (Å²) in [6.45, 7) is 1.03. The van der Waals surface area contributed by atoms with Crippen LogP contribution in [0.15, 0.2) is 78.9 Å². The third-order valence-corrected chi connectivity index (χ3v) is 5.94. The van der Waals surface area contributed by atoms with Crippen molar-refractivity contribution in [1.29, 1.82) is 0 Å². The standard InChI is InChI=1S/C27H28N4O4/c1-35-24-13-11-23(12-14-24)29-25(32)19-7-9-22(10-8-19)28-26(33)20-15-17-31(18-16-20)27(34)30-21-5-3-2-4-6-21/h2-14,20H,15-18H2,1H3,(H,28,33)(H,29,32)(H,30,34). The van der Waals surface area contributed by atoms with Crippen molar-refractivity contribution in [3.63, 3.8) is 0 Å². The molecule has 180 valence electrons. The predicted molar refractivity (Wildman–Crippen MR) is 136 cm³/mol. The second-order valence-corrected chi connectivity index (χ2v) is 8.31. The fraction of sp³-hybridized carbons (Fsp3) is 0.222. The molecule has 0 unspecified atom stereocenters. The third-order valence-electron chi connectivity index (χ3n) is 5.94. The molecule has 1 aliphatic heterocycles. The highest BCUT2D eigenvalue weighted by atomic mass is 16.5. The van der Waals surface area contributed by atoms with E-state index in [1.54, 1.807) is 60.5 Å². The number of carbonyl (C=O) groups is 3. The summed E-state index contributed by atoms with van der Waals surface area (Å²) < 4.78 is 5.12. The quantitative estimate of drug-likeness (QED) is 0.478. The number of carbonyl (C=O) groups excluding carboxylic acids is 3. The molecular formula is C27H28N4O4. The lowest BCUT2D eigenvalue weighted by molar-refractivity contribution is -0.121. The summed E-state index contributed by atoms with van der Waals surface area (Å²) in [7, 11) is 1.59. The average molecular weight is 473 g/mol. The van der Waals surface area contributed by atoms with Crippen LogP contribution >= 0.6 is 0 Å². The summed E-state index contributed by atoms with van der Waals surface area (Å²) >= 11 is 0. The molecule has 1 heterocycles. The lowest BCUT2D eigenvalue weighted by Gasteiger charge is -2.31. The van der Waals surface area contributed by atoms with Gasteiger partial charge in [0.05, 0.1) is 7.11 Å². The van der Waals surface area contributed by atoms with Gasteiger partial charge in [-0.2, -0.15) is 0 Å². The van der Waals surface area contributed by atoms with Crippen LogP contribution in [0.1, 0.15) is 23.2 Å². The summed E-state index contributed by atoms with van der Waals surface area (Å²) in [5.74, 6) is 0.218. The highest BCUT2D eigenvalue weighted by Crippen LogP contribution is 2.21. The van der Waals surface area contributed by atoms with Crippen LogP contribution < -0.4 is 20.7 Å². The van der Waals surface area contributed by atoms with Gasteiger partial charge in [0.25, 0.3) is 5.91 Å². The summed E-state index contributed by atoms with van der Waals surface area (Å²) in [5.41, 5.74) is 2.52. The zero-order valence-corrected chi connectivity index (χ0v) is 19.5. The van der Waals surface area contributed by atoms with Gasteiger partial charge in [0.15, 0.2) is 0 Å². The fourth-order valence-corrected chi connectivity index (χ4v) is 3.90. The molecule has 3 aromatic rings. The fourth-order valence-electron chi connectivity index (χ4n) is 3.90. The van der Waals surface area contributed by atoms with E-state index in [2.05, 4.69) is 16.0 Å². The Morgan fingerprint density at radius 2 is 1.31 bits per heavy atom. The molecule has 0 bridgehead atoms. The van der Waals surface area contributed by atoms with E-state index in [0.717, 1.165) is 5.69 Å². The molecule has 4 amide bonds. The summed E-state index contributed by atoms with van der Waals surface area (Å²) in [5, 5.41) is 8.63. The molecule has 8 nitrogen and oxygen atoms in total. The number of rotatable bonds is 6. The van der Waals surface area contributed by atoms with Gasteiger partial charge >= 0.3 is 6.03 Å². The van der Waals surface area contributed by atoms with Crippen molar-refractivity contribution in [2.24, 2.45) is 5.92 Å². The molecule has 1 saturated heterocycles. The number of methoxy groups -OCH3 is 1. The van der Waals surface area contributed by atoms with Crippen LogP contribution in [0.5, 0.6) is 5.75 Å². The van der Waals surface area contributed by atoms with Gasteiger partial charge in [0.1, 0.15) is 5.75 Å². The molecule has 0 aromatic heterocycles. The molecule has 3 aromatic carbocycles. The Kier molecular flexibility index (Phi) is 7.62. The van der Waals surface area contributed by atoms with E-state index in [1.165, 1.54) is 0 Å². The Bertz CT molecular complexity index is 1160. The van der Waals surface area contributed by atoms with Crippen molar-refractivity contribution in [2.75, 3.05) is 36.1 Å². The number of nitrogens with one attached hydrogen (secondary N) is 3. The topological polar surface area (TPSA) is 99.8 Å². The van der Waals surface area contributed by atoms with Crippen LogP contribution in [0.2, 0.25) is 0 Å². The van der Waals surface area contributed by atoms with Crippen molar-refractivity contribution in [3.05, 3.63) is 84.4 Å². The van der Waals surface area contributed by atoms with Crippen LogP contribution in [-0.4, -0.2) is 42.9 Å². The van der Waals surface area contributed by atoms with Crippen molar-refractivity contribution in [2.45, 2.75) is 12.8 Å². The molecule has 0 aliphatic carbocycles. The zero-order chi connectivity index (χ0) is 24.6. The maximum Gasteiger partial charge on any atom is 0.321 e. The number of likely N-dealkylation sites (tertiary alicyclic amines) is 1. The Balaban J connectivity index is 1.24. The van der Waals surface area contributed by atoms with Gasteiger partial charge in [-0.1, -0.05) is 18.2 Å². The minimum atomic E-state index is -0.241. The number of amides is 4. The highest BCUT2D eigenvalue weighted by Gasteiger charge is 2.27. The van der Waals surface area contributed by atoms with Crippen LogP contribution in [0.3, 0.4) is 0 Å². The first kappa shape index (κ1) is 23.8. The number of hydrogen-bond donors (Lipinski definition) is 3. The number of piperidine rings is 1. The van der Waals surface area contributed by atoms with Gasteiger partial charge in [0.2, 0.25) is 5.91 Å². The van der Waals surface area contributed by atoms with Gasteiger partial charge in [-0.3, -0.25) is 9.59 Å². The van der Waals surface area contributed by atoms with E-state index in [1.807, 2.05) is 30.3 Å². The first-order valence-electron chi connectivity index (χ1n) is 11.5. The van der Waals surface area contributed by atoms with Crippen LogP contribution in [0, 0.1) is 5.92 Å². The Hall–Kier alpha value is -4.33. The zero-order valence-electron chi connectivity index (χ0n) is 19.5. The van der Waals surface area contributed by atoms with E-state index < -0.39 is 0 Å². The summed E-state index contributed by atoms with van der Waals surface area (Å²) in [6, 6.07) is 23.0. The lowest BCUT2D eigenvalue weighted by atomic mass is 9.96. The van der Waals surface area contributed by atoms with Gasteiger partial charge in [-0.25, -0.2) is 4.79 Å². The molecule has 8 heteroatoms. The number of benzene rings is 3. The minimum Gasteiger partial charge on any atom is -0.497 e. The van der Waals surface area contributed by atoms with Crippen LogP contribution in [-0.2, 0) is 4.79 Å². The van der Waals surface area contributed by atoms with E-state index in [9.17, 15) is 14.4 Å². The number of ether oxygens (including phenoxy) is 1.